The summed E-state index contributed by atoms with van der Waals surface area (Å²) in [5.41, 5.74) is 6.09. The Morgan fingerprint density at radius 1 is 1.05 bits per heavy atom. The van der Waals surface area contributed by atoms with Gasteiger partial charge in [-0.2, -0.15) is 0 Å². The summed E-state index contributed by atoms with van der Waals surface area (Å²) in [5, 5.41) is 10.4. The first-order chi connectivity index (χ1) is 19.8. The van der Waals surface area contributed by atoms with Gasteiger partial charge in [0.2, 0.25) is 10.0 Å². The molecule has 2 aromatic rings. The molecule has 41 heavy (non-hydrogen) atoms. The molecule has 0 bridgehead atoms. The van der Waals surface area contributed by atoms with Gasteiger partial charge in [0.05, 0.1) is 23.4 Å². The van der Waals surface area contributed by atoms with Gasteiger partial charge >= 0.3 is 5.97 Å². The van der Waals surface area contributed by atoms with E-state index in [-0.39, 0.29) is 0 Å². The molecule has 2 atom stereocenters. The number of carboxylic acid groups (broad SMARTS) is 1. The molecule has 1 aromatic carbocycles. The number of hydrogen-bond donors (Lipinski definition) is 1. The molecule has 5 aliphatic rings. The number of allylic oxidation sites excluding steroid dienone is 4. The van der Waals surface area contributed by atoms with Crippen LogP contribution in [-0.4, -0.2) is 78.9 Å². The topological polar surface area (TPSA) is 92.1 Å². The molecule has 1 aromatic heterocycles. The highest BCUT2D eigenvalue weighted by atomic mass is 32.2. The van der Waals surface area contributed by atoms with E-state index in [2.05, 4.69) is 27.7 Å². The largest absolute Gasteiger partial charge is 0.496 e. The number of aliphatic carboxylic acids is 1. The minimum atomic E-state index is -3.68. The Morgan fingerprint density at radius 2 is 1.85 bits per heavy atom. The molecule has 3 heterocycles. The van der Waals surface area contributed by atoms with Crippen LogP contribution in [0.4, 0.5) is 0 Å². The third-order valence-corrected chi connectivity index (χ3v) is 12.4. The van der Waals surface area contributed by atoms with E-state index in [1.54, 1.807) is 11.4 Å². The fourth-order valence-electron chi connectivity index (χ4n) is 7.97. The molecular formula is C32H39N3O5S. The predicted octanol–water partition coefficient (Wildman–Crippen LogP) is 4.78. The third-order valence-electron chi connectivity index (χ3n) is 10.1. The van der Waals surface area contributed by atoms with Crippen LogP contribution in [0.25, 0.3) is 10.9 Å². The van der Waals surface area contributed by atoms with Gasteiger partial charge in [-0.25, -0.2) is 17.5 Å². The quantitative estimate of drug-likeness (QED) is 0.550. The second-order valence-electron chi connectivity index (χ2n) is 12.4. The van der Waals surface area contributed by atoms with Crippen molar-refractivity contribution in [2.24, 2.45) is 0 Å². The summed E-state index contributed by atoms with van der Waals surface area (Å²) in [6, 6.07) is 6.39. The maximum Gasteiger partial charge on any atom is 0.336 e. The molecule has 1 N–H and O–H groups in total. The van der Waals surface area contributed by atoms with Gasteiger partial charge in [-0.1, -0.05) is 37.5 Å². The monoisotopic (exact) mass is 577 g/mol. The zero-order valence-electron chi connectivity index (χ0n) is 23.9. The van der Waals surface area contributed by atoms with Crippen molar-refractivity contribution < 1.29 is 23.1 Å². The van der Waals surface area contributed by atoms with Crippen molar-refractivity contribution in [1.82, 2.24) is 13.8 Å². The fourth-order valence-corrected chi connectivity index (χ4v) is 10.1. The van der Waals surface area contributed by atoms with Crippen LogP contribution in [0.15, 0.2) is 52.6 Å². The van der Waals surface area contributed by atoms with Crippen LogP contribution < -0.4 is 4.74 Å². The second kappa shape index (κ2) is 10.1. The Balaban J connectivity index is 1.44. The van der Waals surface area contributed by atoms with Crippen molar-refractivity contribution in [3.05, 3.63) is 63.9 Å². The predicted molar refractivity (Wildman–Crippen MR) is 159 cm³/mol. The van der Waals surface area contributed by atoms with Crippen molar-refractivity contribution in [1.29, 1.82) is 0 Å². The highest BCUT2D eigenvalue weighted by Gasteiger charge is 2.49. The number of ether oxygens (including phenoxy) is 1. The number of sulfonamides is 1. The lowest BCUT2D eigenvalue weighted by Crippen LogP contribution is -2.44. The molecule has 8 nitrogen and oxygen atoms in total. The number of benzene rings is 1. The number of methoxy groups -OCH3 is 1. The van der Waals surface area contributed by atoms with Gasteiger partial charge in [-0.05, 0) is 79.6 Å². The first kappa shape index (κ1) is 27.0. The standard InChI is InChI=1S/C32H39N3O5S/c1-33-14-7-15-34(17-16-33)41(38,39)27-11-6-10-22-28-24(30(28)32(36)37)19-35-25(29(22)27)18-23-26(40-2)13-12-21(31(23)35)20-8-4-3-5-9-20/h6,10,12-13,18,20,27,29H,3-5,7-9,11,14-17,19H2,1-2H3,(H,36,37)/t27-,29?/m1/s1. The molecule has 0 radical (unpaired) electrons. The van der Waals surface area contributed by atoms with Crippen LogP contribution in [0.3, 0.4) is 0 Å². The highest BCUT2D eigenvalue weighted by molar-refractivity contribution is 7.89. The third kappa shape index (κ3) is 4.31. The number of nitrogens with zero attached hydrogens (tertiary/aromatic N) is 3. The summed E-state index contributed by atoms with van der Waals surface area (Å²) in [4.78, 5) is 14.5. The minimum absolute atomic E-state index is 0.360. The molecular weight excluding hydrogens is 538 g/mol. The molecule has 0 spiro atoms. The lowest BCUT2D eigenvalue weighted by atomic mass is 9.83. The van der Waals surface area contributed by atoms with E-state index in [1.807, 2.05) is 19.2 Å². The van der Waals surface area contributed by atoms with Crippen LogP contribution in [0, 0.1) is 0 Å². The number of hydrogen-bond acceptors (Lipinski definition) is 5. The summed E-state index contributed by atoms with van der Waals surface area (Å²) in [6.45, 7) is 3.01. The molecule has 0 amide bonds. The Labute approximate surface area is 242 Å². The molecule has 218 valence electrons. The van der Waals surface area contributed by atoms with Crippen molar-refractivity contribution in [3.8, 4) is 5.75 Å². The maximum atomic E-state index is 14.5. The van der Waals surface area contributed by atoms with E-state index in [4.69, 9.17) is 4.74 Å². The van der Waals surface area contributed by atoms with Gasteiger partial charge in [0.1, 0.15) is 5.75 Å². The molecule has 1 unspecified atom stereocenters. The maximum absolute atomic E-state index is 14.5. The van der Waals surface area contributed by atoms with Crippen LogP contribution in [-0.2, 0) is 21.4 Å². The number of likely N-dealkylation sites (N-methyl/N-ethyl adjacent to an activating group) is 1. The summed E-state index contributed by atoms with van der Waals surface area (Å²) in [7, 11) is 0.0425. The van der Waals surface area contributed by atoms with Crippen LogP contribution >= 0.6 is 0 Å². The Kier molecular flexibility index (Phi) is 6.67. The van der Waals surface area contributed by atoms with Gasteiger partial charge in [0, 0.05) is 43.2 Å². The van der Waals surface area contributed by atoms with Crippen molar-refractivity contribution in [2.45, 2.75) is 68.6 Å². The second-order valence-corrected chi connectivity index (χ2v) is 14.5. The van der Waals surface area contributed by atoms with Crippen molar-refractivity contribution in [2.75, 3.05) is 40.3 Å². The van der Waals surface area contributed by atoms with Crippen molar-refractivity contribution >= 4 is 26.9 Å². The van der Waals surface area contributed by atoms with Crippen molar-refractivity contribution in [3.63, 3.8) is 0 Å². The summed E-state index contributed by atoms with van der Waals surface area (Å²) in [6.07, 6.45) is 11.1. The molecule has 3 aliphatic carbocycles. The average molecular weight is 578 g/mol. The zero-order chi connectivity index (χ0) is 28.5. The zero-order valence-corrected chi connectivity index (χ0v) is 24.8. The molecule has 9 heteroatoms. The van der Waals surface area contributed by atoms with E-state index in [0.717, 1.165) is 64.9 Å². The highest BCUT2D eigenvalue weighted by Crippen LogP contribution is 2.55. The minimum Gasteiger partial charge on any atom is -0.496 e. The normalized spacial score (nSPS) is 25.9. The number of fused-ring (bicyclic) bond motifs is 6. The van der Waals surface area contributed by atoms with Gasteiger partial charge in [-0.15, -0.1) is 0 Å². The first-order valence-corrected chi connectivity index (χ1v) is 16.6. The van der Waals surface area contributed by atoms with Gasteiger partial charge in [0.15, 0.2) is 0 Å². The van der Waals surface area contributed by atoms with Gasteiger partial charge < -0.3 is 19.3 Å². The van der Waals surface area contributed by atoms with Gasteiger partial charge in [0.25, 0.3) is 0 Å². The van der Waals surface area contributed by atoms with E-state index in [0.29, 0.717) is 44.1 Å². The first-order valence-electron chi connectivity index (χ1n) is 15.1. The smallest absolute Gasteiger partial charge is 0.336 e. The summed E-state index contributed by atoms with van der Waals surface area (Å²) < 4.78 is 38.7. The number of rotatable bonds is 5. The van der Waals surface area contributed by atoms with Crippen LogP contribution in [0.5, 0.6) is 5.75 Å². The van der Waals surface area contributed by atoms with E-state index in [1.165, 1.54) is 24.8 Å². The Morgan fingerprint density at radius 3 is 2.61 bits per heavy atom. The summed E-state index contributed by atoms with van der Waals surface area (Å²) >= 11 is 0. The molecule has 1 saturated heterocycles. The number of carbonyl (C=O) groups is 1. The van der Waals surface area contributed by atoms with E-state index >= 15 is 0 Å². The SMILES string of the molecule is COc1ccc(C2CCCCC2)c2c1cc1n2CC2=C(C(=O)O)C2=C2C=CC[C@@H](S(=O)(=O)N3CCCN(C)CC3)C21. The van der Waals surface area contributed by atoms with Gasteiger partial charge in [-0.3, -0.25) is 0 Å². The average Bonchev–Trinajstić information content (AvgIpc) is 3.66. The van der Waals surface area contributed by atoms with E-state index < -0.39 is 27.2 Å². The Hall–Kier alpha value is -2.88. The molecule has 1 saturated carbocycles. The number of aromatic nitrogens is 1. The lowest BCUT2D eigenvalue weighted by molar-refractivity contribution is -0.132. The molecule has 7 rings (SSSR count). The van der Waals surface area contributed by atoms with E-state index in [9.17, 15) is 18.3 Å². The van der Waals surface area contributed by atoms with Crippen LogP contribution in [0.2, 0.25) is 0 Å². The lowest BCUT2D eigenvalue weighted by Gasteiger charge is -2.34. The fraction of sp³-hybridized carbons (Fsp3) is 0.531. The number of carboxylic acids is 1. The van der Waals surface area contributed by atoms with Crippen LogP contribution in [0.1, 0.15) is 68.0 Å². The summed E-state index contributed by atoms with van der Waals surface area (Å²) in [5.74, 6) is -0.180. The Bertz CT molecular complexity index is 1630. The molecule has 2 fully saturated rings. The molecule has 2 aliphatic heterocycles.